The van der Waals surface area contributed by atoms with E-state index in [2.05, 4.69) is 34.3 Å². The van der Waals surface area contributed by atoms with E-state index in [4.69, 9.17) is 0 Å². The molecule has 0 aromatic heterocycles. The van der Waals surface area contributed by atoms with Crippen LogP contribution in [0.2, 0.25) is 0 Å². The van der Waals surface area contributed by atoms with Crippen LogP contribution in [0, 0.1) is 41.4 Å². The van der Waals surface area contributed by atoms with E-state index in [-0.39, 0.29) is 0 Å². The Morgan fingerprint density at radius 2 is 1.02 bits per heavy atom. The van der Waals surface area contributed by atoms with Crippen molar-refractivity contribution in [2.45, 2.75) is 210 Å². The Morgan fingerprint density at radius 1 is 0.435 bits per heavy atom. The first-order valence-electron chi connectivity index (χ1n) is 21.7. The van der Waals surface area contributed by atoms with Gasteiger partial charge in [-0.05, 0) is 157 Å². The van der Waals surface area contributed by atoms with E-state index in [1.807, 2.05) is 0 Å². The smallest absolute Gasteiger partial charge is 0.0603 e. The lowest BCUT2D eigenvalue weighted by Gasteiger charge is -2.51. The quantitative estimate of drug-likeness (QED) is 0.305. The van der Waals surface area contributed by atoms with Crippen LogP contribution in [-0.4, -0.2) is 65.3 Å². The molecule has 0 spiro atoms. The van der Waals surface area contributed by atoms with Gasteiger partial charge in [0.1, 0.15) is 0 Å². The molecule has 9 unspecified atom stereocenters. The van der Waals surface area contributed by atoms with Crippen LogP contribution >= 0.6 is 0 Å². The number of hydrogen-bond donors (Lipinski definition) is 2. The van der Waals surface area contributed by atoms with E-state index < -0.39 is 0 Å². The minimum absolute atomic E-state index is 0.559. The molecule has 6 aliphatic carbocycles. The van der Waals surface area contributed by atoms with Gasteiger partial charge in [0.05, 0.1) is 6.17 Å². The van der Waals surface area contributed by atoms with Crippen molar-refractivity contribution in [3.63, 3.8) is 0 Å². The van der Waals surface area contributed by atoms with Crippen molar-refractivity contribution >= 4 is 0 Å². The molecular weight excluding hydrogens is 560 g/mol. The lowest BCUT2D eigenvalue weighted by molar-refractivity contribution is -0.0137. The molecule has 0 radical (unpaired) electrons. The third-order valence-corrected chi connectivity index (χ3v) is 16.4. The predicted molar refractivity (Wildman–Crippen MR) is 193 cm³/mol. The molecule has 8 fully saturated rings. The van der Waals surface area contributed by atoms with Crippen molar-refractivity contribution in [2.75, 3.05) is 13.1 Å². The Hall–Kier alpha value is -0.160. The fourth-order valence-corrected chi connectivity index (χ4v) is 14.2. The minimum atomic E-state index is 0.559. The summed E-state index contributed by atoms with van der Waals surface area (Å²) in [6.45, 7) is 7.69. The average molecular weight is 635 g/mol. The number of nitrogens with zero attached hydrogens (tertiary/aromatic N) is 2. The molecule has 2 aliphatic heterocycles. The fraction of sp³-hybridized carbons (Fsp3) is 1.00. The van der Waals surface area contributed by atoms with Crippen molar-refractivity contribution in [3.05, 3.63) is 0 Å². The summed E-state index contributed by atoms with van der Waals surface area (Å²) in [6, 6.07) is 5.44. The van der Waals surface area contributed by atoms with E-state index in [0.29, 0.717) is 6.17 Å². The molecule has 0 aromatic carbocycles. The molecule has 262 valence electrons. The molecule has 46 heavy (non-hydrogen) atoms. The van der Waals surface area contributed by atoms with Crippen LogP contribution in [0.1, 0.15) is 168 Å². The topological polar surface area (TPSA) is 30.5 Å². The van der Waals surface area contributed by atoms with E-state index in [1.54, 1.807) is 32.1 Å². The highest BCUT2D eigenvalue weighted by Crippen LogP contribution is 2.55. The van der Waals surface area contributed by atoms with Crippen LogP contribution in [0.15, 0.2) is 0 Å². The largest absolute Gasteiger partial charge is 0.302 e. The molecule has 9 atom stereocenters. The van der Waals surface area contributed by atoms with Gasteiger partial charge in [0.15, 0.2) is 0 Å². The molecule has 4 nitrogen and oxygen atoms in total. The number of rotatable bonds is 6. The number of hydrogen-bond acceptors (Lipinski definition) is 4. The van der Waals surface area contributed by atoms with Gasteiger partial charge < -0.3 is 10.6 Å². The summed E-state index contributed by atoms with van der Waals surface area (Å²) in [5, 5.41) is 7.73. The fourth-order valence-electron chi connectivity index (χ4n) is 14.2. The van der Waals surface area contributed by atoms with E-state index in [0.717, 1.165) is 77.7 Å². The molecule has 4 heteroatoms. The molecule has 2 heterocycles. The molecule has 6 saturated carbocycles. The van der Waals surface area contributed by atoms with Crippen molar-refractivity contribution < 1.29 is 0 Å². The van der Waals surface area contributed by atoms with Crippen molar-refractivity contribution in [1.29, 1.82) is 0 Å². The van der Waals surface area contributed by atoms with Gasteiger partial charge in [0, 0.05) is 36.3 Å². The lowest BCUT2D eigenvalue weighted by Crippen LogP contribution is -2.59. The molecule has 8 rings (SSSR count). The molecule has 0 bridgehead atoms. The van der Waals surface area contributed by atoms with Gasteiger partial charge in [-0.25, -0.2) is 0 Å². The van der Waals surface area contributed by atoms with E-state index >= 15 is 0 Å². The predicted octanol–water partition coefficient (Wildman–Crippen LogP) is 9.13. The maximum atomic E-state index is 3.87. The summed E-state index contributed by atoms with van der Waals surface area (Å²) in [7, 11) is 0. The van der Waals surface area contributed by atoms with Crippen LogP contribution in [0.4, 0.5) is 0 Å². The van der Waals surface area contributed by atoms with Crippen LogP contribution in [0.3, 0.4) is 0 Å². The van der Waals surface area contributed by atoms with Crippen LogP contribution < -0.4 is 10.6 Å². The number of likely N-dealkylation sites (tertiary alicyclic amines) is 1. The first kappa shape index (κ1) is 33.0. The highest BCUT2D eigenvalue weighted by molar-refractivity contribution is 5.08. The first-order chi connectivity index (χ1) is 22.7. The Bertz CT molecular complexity index is 925. The summed E-state index contributed by atoms with van der Waals surface area (Å²) in [4.78, 5) is 6.50. The van der Waals surface area contributed by atoms with Crippen LogP contribution in [-0.2, 0) is 0 Å². The summed E-state index contributed by atoms with van der Waals surface area (Å²) in [5.41, 5.74) is 0. The zero-order chi connectivity index (χ0) is 31.0. The highest BCUT2D eigenvalue weighted by atomic mass is 15.3. The highest BCUT2D eigenvalue weighted by Gasteiger charge is 2.55. The Labute approximate surface area is 284 Å². The van der Waals surface area contributed by atoms with Gasteiger partial charge in [-0.2, -0.15) is 0 Å². The summed E-state index contributed by atoms with van der Waals surface area (Å²) in [5.74, 6) is 6.61. The first-order valence-corrected chi connectivity index (χ1v) is 21.7. The van der Waals surface area contributed by atoms with Crippen molar-refractivity contribution in [1.82, 2.24) is 20.4 Å². The Kier molecular flexibility index (Phi) is 10.8. The third-order valence-electron chi connectivity index (χ3n) is 16.4. The van der Waals surface area contributed by atoms with E-state index in [9.17, 15) is 0 Å². The van der Waals surface area contributed by atoms with Gasteiger partial charge in [-0.3, -0.25) is 9.80 Å². The maximum absolute atomic E-state index is 3.87. The molecule has 0 amide bonds. The number of fused-ring (bicyclic) bond motifs is 3. The SMILES string of the molecule is CC1CC(N2C3CCCCC3C3CC(C4CCC(N(C5CCCCC5)C5CCCCC5)CC4)CCC32)C(C)CC1C1NCCCN1. The second-order valence-corrected chi connectivity index (χ2v) is 18.8. The third kappa shape index (κ3) is 6.67. The summed E-state index contributed by atoms with van der Waals surface area (Å²) < 4.78 is 0. The standard InChI is InChI=1S/C42H74N4/c1-29-27-41(30(2)26-37(29)42-43-24-11-25-44-42)46-39-17-10-9-16-36(39)38-28-32(20-23-40(38)46)31-18-21-35(22-19-31)45(33-12-5-3-6-13-33)34-14-7-4-8-15-34/h29-44H,3-28H2,1-2H3. The lowest BCUT2D eigenvalue weighted by atomic mass is 9.65. The second kappa shape index (κ2) is 15.0. The van der Waals surface area contributed by atoms with Gasteiger partial charge in [0.25, 0.3) is 0 Å². The van der Waals surface area contributed by atoms with Gasteiger partial charge in [0.2, 0.25) is 0 Å². The van der Waals surface area contributed by atoms with Gasteiger partial charge >= 0.3 is 0 Å². The molecular formula is C42H74N4. The van der Waals surface area contributed by atoms with Gasteiger partial charge in [-0.1, -0.05) is 65.2 Å². The molecule has 8 aliphatic rings. The number of nitrogens with one attached hydrogen (secondary N) is 2. The Morgan fingerprint density at radius 3 is 1.72 bits per heavy atom. The van der Waals surface area contributed by atoms with Gasteiger partial charge in [-0.15, -0.1) is 0 Å². The summed E-state index contributed by atoms with van der Waals surface area (Å²) >= 11 is 0. The second-order valence-electron chi connectivity index (χ2n) is 18.8. The van der Waals surface area contributed by atoms with Crippen molar-refractivity contribution in [2.24, 2.45) is 41.4 Å². The van der Waals surface area contributed by atoms with E-state index in [1.165, 1.54) is 135 Å². The summed E-state index contributed by atoms with van der Waals surface area (Å²) in [6.07, 6.45) is 36.7. The Balaban J connectivity index is 0.914. The van der Waals surface area contributed by atoms with Crippen molar-refractivity contribution in [3.8, 4) is 0 Å². The monoisotopic (exact) mass is 635 g/mol. The molecule has 0 aromatic rings. The maximum Gasteiger partial charge on any atom is 0.0603 e. The average Bonchev–Trinajstić information content (AvgIpc) is 3.44. The molecule has 2 saturated heterocycles. The van der Waals surface area contributed by atoms with Crippen LogP contribution in [0.5, 0.6) is 0 Å². The zero-order valence-corrected chi connectivity index (χ0v) is 30.4. The normalized spacial score (nSPS) is 45.8. The minimum Gasteiger partial charge on any atom is -0.302 e. The zero-order valence-electron chi connectivity index (χ0n) is 30.4. The molecule has 2 N–H and O–H groups in total. The van der Waals surface area contributed by atoms with Crippen LogP contribution in [0.25, 0.3) is 0 Å².